The first-order valence-electron chi connectivity index (χ1n) is 8.20. The van der Waals surface area contributed by atoms with E-state index in [1.165, 1.54) is 0 Å². The molecule has 0 atom stereocenters. The van der Waals surface area contributed by atoms with E-state index in [1.54, 1.807) is 11.8 Å². The number of hydrogen-bond donors (Lipinski definition) is 0. The number of ether oxygens (including phenoxy) is 2. The summed E-state index contributed by atoms with van der Waals surface area (Å²) >= 11 is 4.98. The molecule has 132 valence electrons. The van der Waals surface area contributed by atoms with Crippen molar-refractivity contribution in [1.82, 2.24) is 4.90 Å². The molecule has 0 unspecified atom stereocenters. The maximum atomic E-state index is 12.5. The van der Waals surface area contributed by atoms with Crippen molar-refractivity contribution in [3.63, 3.8) is 0 Å². The number of halogens is 1. The third-order valence-electron chi connectivity index (χ3n) is 3.89. The Labute approximate surface area is 160 Å². The lowest BCUT2D eigenvalue weighted by Crippen LogP contribution is -2.31. The van der Waals surface area contributed by atoms with Crippen LogP contribution in [0, 0.1) is 0 Å². The highest BCUT2D eigenvalue weighted by atomic mass is 79.9. The Morgan fingerprint density at radius 2 is 1.84 bits per heavy atom. The Morgan fingerprint density at radius 3 is 2.56 bits per heavy atom. The highest BCUT2D eigenvalue weighted by molar-refractivity contribution is 9.10. The summed E-state index contributed by atoms with van der Waals surface area (Å²) in [6, 6.07) is 13.9. The highest BCUT2D eigenvalue weighted by Crippen LogP contribution is 2.31. The van der Waals surface area contributed by atoms with Crippen LogP contribution in [0.1, 0.15) is 12.5 Å². The monoisotopic (exact) mass is 421 g/mol. The lowest BCUT2D eigenvalue weighted by Gasteiger charge is -2.23. The van der Waals surface area contributed by atoms with E-state index in [4.69, 9.17) is 9.47 Å². The summed E-state index contributed by atoms with van der Waals surface area (Å²) in [5, 5.41) is 0. The van der Waals surface area contributed by atoms with E-state index in [2.05, 4.69) is 15.9 Å². The first kappa shape index (κ1) is 18.1. The number of carbonyl (C=O) groups is 1. The minimum absolute atomic E-state index is 0.130. The Bertz CT molecular complexity index is 736. The number of rotatable bonds is 6. The molecule has 0 aromatic heterocycles. The zero-order chi connectivity index (χ0) is 17.6. The highest BCUT2D eigenvalue weighted by Gasteiger charge is 2.16. The molecule has 4 nitrogen and oxygen atoms in total. The number of carbonyl (C=O) groups excluding carboxylic acids is 1. The summed E-state index contributed by atoms with van der Waals surface area (Å²) in [4.78, 5) is 15.5. The van der Waals surface area contributed by atoms with Crippen molar-refractivity contribution in [1.29, 1.82) is 0 Å². The van der Waals surface area contributed by atoms with Crippen molar-refractivity contribution >= 4 is 33.6 Å². The lowest BCUT2D eigenvalue weighted by molar-refractivity contribution is -0.128. The molecule has 6 heteroatoms. The van der Waals surface area contributed by atoms with Crippen molar-refractivity contribution in [2.45, 2.75) is 18.4 Å². The molecule has 1 aliphatic rings. The molecule has 1 aliphatic heterocycles. The number of nitrogens with zero attached hydrogens (tertiary/aromatic N) is 1. The molecule has 0 saturated heterocycles. The molecule has 0 radical (unpaired) electrons. The molecule has 0 aliphatic carbocycles. The Hall–Kier alpha value is -1.66. The topological polar surface area (TPSA) is 38.8 Å². The van der Waals surface area contributed by atoms with Crippen LogP contribution >= 0.6 is 27.7 Å². The van der Waals surface area contributed by atoms with Crippen LogP contribution < -0.4 is 9.47 Å². The van der Waals surface area contributed by atoms with Gasteiger partial charge in [-0.25, -0.2) is 0 Å². The first-order valence-corrected chi connectivity index (χ1v) is 9.98. The van der Waals surface area contributed by atoms with Crippen LogP contribution in [0.25, 0.3) is 0 Å². The van der Waals surface area contributed by atoms with Gasteiger partial charge in [-0.05, 0) is 48.9 Å². The molecular formula is C19H20BrNO3S. The predicted octanol–water partition coefficient (Wildman–Crippen LogP) is 4.36. The molecule has 0 bridgehead atoms. The van der Waals surface area contributed by atoms with Crippen LogP contribution in [0.5, 0.6) is 11.5 Å². The summed E-state index contributed by atoms with van der Waals surface area (Å²) in [5.41, 5.74) is 1.05. The van der Waals surface area contributed by atoms with Gasteiger partial charge in [-0.15, -0.1) is 11.8 Å². The van der Waals surface area contributed by atoms with Crippen molar-refractivity contribution in [2.24, 2.45) is 0 Å². The Kier molecular flexibility index (Phi) is 6.26. The van der Waals surface area contributed by atoms with E-state index in [0.717, 1.165) is 26.4 Å². The van der Waals surface area contributed by atoms with E-state index < -0.39 is 0 Å². The quantitative estimate of drug-likeness (QED) is 0.649. The molecule has 1 heterocycles. The molecule has 0 spiro atoms. The second-order valence-corrected chi connectivity index (χ2v) is 7.59. The lowest BCUT2D eigenvalue weighted by atomic mass is 10.2. The van der Waals surface area contributed by atoms with Gasteiger partial charge in [-0.3, -0.25) is 4.79 Å². The fourth-order valence-electron chi connectivity index (χ4n) is 2.55. The van der Waals surface area contributed by atoms with E-state index in [9.17, 15) is 4.79 Å². The Balaban J connectivity index is 1.59. The smallest absolute Gasteiger partial charge is 0.233 e. The van der Waals surface area contributed by atoms with Crippen LogP contribution in [0.15, 0.2) is 51.8 Å². The first-order chi connectivity index (χ1) is 12.2. The molecule has 25 heavy (non-hydrogen) atoms. The normalized spacial score (nSPS) is 12.7. The SMILES string of the molecule is CCN(Cc1ccc2c(c1)OCCO2)C(=O)CSc1ccc(Br)cc1. The zero-order valence-corrected chi connectivity index (χ0v) is 16.4. The van der Waals surface area contributed by atoms with Gasteiger partial charge in [0.05, 0.1) is 5.75 Å². The molecule has 0 fully saturated rings. The van der Waals surface area contributed by atoms with Gasteiger partial charge in [0.2, 0.25) is 5.91 Å². The molecule has 2 aromatic carbocycles. The van der Waals surface area contributed by atoms with Crippen molar-refractivity contribution in [3.05, 3.63) is 52.5 Å². The van der Waals surface area contributed by atoms with Gasteiger partial charge in [-0.1, -0.05) is 22.0 Å². The standard InChI is InChI=1S/C19H20BrNO3S/c1-2-21(19(22)13-25-16-6-4-15(20)5-7-16)12-14-3-8-17-18(11-14)24-10-9-23-17/h3-8,11H,2,9-10,12-13H2,1H3. The zero-order valence-electron chi connectivity index (χ0n) is 14.0. The average molecular weight is 422 g/mol. The second kappa shape index (κ2) is 8.63. The van der Waals surface area contributed by atoms with Crippen LogP contribution in [-0.2, 0) is 11.3 Å². The summed E-state index contributed by atoms with van der Waals surface area (Å²) < 4.78 is 12.2. The third kappa shape index (κ3) is 4.92. The number of thioether (sulfide) groups is 1. The van der Waals surface area contributed by atoms with Gasteiger partial charge in [0.15, 0.2) is 11.5 Å². The van der Waals surface area contributed by atoms with Crippen LogP contribution in [0.4, 0.5) is 0 Å². The fraction of sp³-hybridized carbons (Fsp3) is 0.316. The van der Waals surface area contributed by atoms with Crippen LogP contribution in [0.3, 0.4) is 0 Å². The summed E-state index contributed by atoms with van der Waals surface area (Å²) in [5.74, 6) is 2.09. The molecular weight excluding hydrogens is 402 g/mol. The van der Waals surface area contributed by atoms with E-state index in [0.29, 0.717) is 32.1 Å². The third-order valence-corrected chi connectivity index (χ3v) is 5.42. The number of hydrogen-bond acceptors (Lipinski definition) is 4. The van der Waals surface area contributed by atoms with Crippen molar-refractivity contribution < 1.29 is 14.3 Å². The maximum Gasteiger partial charge on any atom is 0.233 e. The van der Waals surface area contributed by atoms with Gasteiger partial charge < -0.3 is 14.4 Å². The molecule has 3 rings (SSSR count). The van der Waals surface area contributed by atoms with Gasteiger partial charge >= 0.3 is 0 Å². The van der Waals surface area contributed by atoms with Gasteiger partial charge in [-0.2, -0.15) is 0 Å². The number of amides is 1. The second-order valence-electron chi connectivity index (χ2n) is 5.63. The summed E-state index contributed by atoms with van der Waals surface area (Å²) in [7, 11) is 0. The van der Waals surface area contributed by atoms with Crippen LogP contribution in [0.2, 0.25) is 0 Å². The van der Waals surface area contributed by atoms with Crippen molar-refractivity contribution in [3.8, 4) is 11.5 Å². The molecule has 1 amide bonds. The fourth-order valence-corrected chi connectivity index (χ4v) is 3.62. The molecule has 0 saturated carbocycles. The van der Waals surface area contributed by atoms with E-state index >= 15 is 0 Å². The molecule has 0 N–H and O–H groups in total. The minimum Gasteiger partial charge on any atom is -0.486 e. The average Bonchev–Trinajstić information content (AvgIpc) is 2.65. The van der Waals surface area contributed by atoms with Gasteiger partial charge in [0, 0.05) is 22.5 Å². The van der Waals surface area contributed by atoms with E-state index in [-0.39, 0.29) is 5.91 Å². The summed E-state index contributed by atoms with van der Waals surface area (Å²) in [6.07, 6.45) is 0. The minimum atomic E-state index is 0.130. The predicted molar refractivity (Wildman–Crippen MR) is 103 cm³/mol. The van der Waals surface area contributed by atoms with Gasteiger partial charge in [0.25, 0.3) is 0 Å². The van der Waals surface area contributed by atoms with Crippen molar-refractivity contribution in [2.75, 3.05) is 25.5 Å². The van der Waals surface area contributed by atoms with Gasteiger partial charge in [0.1, 0.15) is 13.2 Å². The Morgan fingerprint density at radius 1 is 1.12 bits per heavy atom. The largest absolute Gasteiger partial charge is 0.486 e. The molecule has 2 aromatic rings. The number of fused-ring (bicyclic) bond motifs is 1. The maximum absolute atomic E-state index is 12.5. The van der Waals surface area contributed by atoms with Crippen LogP contribution in [-0.4, -0.2) is 36.3 Å². The van der Waals surface area contributed by atoms with E-state index in [1.807, 2.05) is 54.3 Å². The summed E-state index contributed by atoms with van der Waals surface area (Å²) in [6.45, 7) is 4.40. The number of benzene rings is 2.